The number of nitrogens with zero attached hydrogens (tertiary/aromatic N) is 2. The number of rotatable bonds is 8. The number of benzene rings is 1. The number of carbonyl (C=O) groups is 2. The predicted molar refractivity (Wildman–Crippen MR) is 98.2 cm³/mol. The van der Waals surface area contributed by atoms with Crippen molar-refractivity contribution >= 4 is 23.4 Å². The molecule has 0 aliphatic rings. The first-order valence-electron chi connectivity index (χ1n) is 8.38. The average molecular weight is 360 g/mol. The van der Waals surface area contributed by atoms with Crippen LogP contribution in [-0.4, -0.2) is 42.2 Å². The minimum absolute atomic E-state index is 0.0818. The van der Waals surface area contributed by atoms with Crippen LogP contribution in [0, 0.1) is 5.92 Å². The Morgan fingerprint density at radius 2 is 1.92 bits per heavy atom. The fraction of sp³-hybridized carbons (Fsp3) is 0.389. The van der Waals surface area contributed by atoms with E-state index < -0.39 is 0 Å². The van der Waals surface area contributed by atoms with E-state index in [-0.39, 0.29) is 18.5 Å². The van der Waals surface area contributed by atoms with Gasteiger partial charge in [0.1, 0.15) is 18.6 Å². The van der Waals surface area contributed by atoms with E-state index in [1.807, 2.05) is 0 Å². The number of ether oxygens (including phenoxy) is 1. The zero-order chi connectivity index (χ0) is 18.9. The molecule has 0 radical (unpaired) electrons. The van der Waals surface area contributed by atoms with Gasteiger partial charge in [-0.1, -0.05) is 19.0 Å². The fourth-order valence-corrected chi connectivity index (χ4v) is 2.18. The minimum Gasteiger partial charge on any atom is -0.497 e. The highest BCUT2D eigenvalue weighted by Crippen LogP contribution is 2.16. The summed E-state index contributed by atoms with van der Waals surface area (Å²) in [7, 11) is 1.58. The maximum atomic E-state index is 12.6. The quantitative estimate of drug-likeness (QED) is 0.753. The van der Waals surface area contributed by atoms with Gasteiger partial charge in [0.2, 0.25) is 5.91 Å². The molecule has 0 aliphatic carbocycles. The van der Waals surface area contributed by atoms with E-state index in [0.29, 0.717) is 29.7 Å². The van der Waals surface area contributed by atoms with Crippen LogP contribution in [0.25, 0.3) is 0 Å². The molecule has 8 heteroatoms. The third-order valence-corrected chi connectivity index (χ3v) is 3.64. The molecule has 26 heavy (non-hydrogen) atoms. The van der Waals surface area contributed by atoms with Gasteiger partial charge < -0.3 is 24.8 Å². The Morgan fingerprint density at radius 1 is 1.19 bits per heavy atom. The second-order valence-electron chi connectivity index (χ2n) is 6.20. The number of urea groups is 1. The van der Waals surface area contributed by atoms with Gasteiger partial charge >= 0.3 is 6.03 Å². The molecule has 2 rings (SSSR count). The summed E-state index contributed by atoms with van der Waals surface area (Å²) in [6.45, 7) is 4.51. The molecule has 0 unspecified atom stereocenters. The van der Waals surface area contributed by atoms with Gasteiger partial charge in [0, 0.05) is 18.3 Å². The van der Waals surface area contributed by atoms with Gasteiger partial charge in [-0.2, -0.15) is 0 Å². The first-order valence-corrected chi connectivity index (χ1v) is 8.38. The summed E-state index contributed by atoms with van der Waals surface area (Å²) < 4.78 is 9.78. The van der Waals surface area contributed by atoms with E-state index in [1.54, 1.807) is 31.4 Å². The lowest BCUT2D eigenvalue weighted by Crippen LogP contribution is -2.41. The minimum atomic E-state index is -0.342. The van der Waals surface area contributed by atoms with Gasteiger partial charge in [-0.15, -0.1) is 0 Å². The zero-order valence-electron chi connectivity index (χ0n) is 15.2. The van der Waals surface area contributed by atoms with Crippen molar-refractivity contribution in [3.05, 3.63) is 36.6 Å². The van der Waals surface area contributed by atoms with Crippen molar-refractivity contribution < 1.29 is 18.8 Å². The molecule has 0 saturated heterocycles. The molecule has 1 heterocycles. The molecule has 0 saturated carbocycles. The number of methoxy groups -OCH3 is 1. The van der Waals surface area contributed by atoms with Crippen molar-refractivity contribution in [2.24, 2.45) is 5.92 Å². The lowest BCUT2D eigenvalue weighted by atomic mass is 10.1. The smallest absolute Gasteiger partial charge is 0.322 e. The summed E-state index contributed by atoms with van der Waals surface area (Å²) in [6, 6.07) is 8.19. The number of carbonyl (C=O) groups excluding carboxylic acids is 2. The van der Waals surface area contributed by atoms with Crippen molar-refractivity contribution in [2.75, 3.05) is 30.8 Å². The number of aromatic nitrogens is 1. The van der Waals surface area contributed by atoms with Crippen LogP contribution in [0.2, 0.25) is 0 Å². The first kappa shape index (κ1) is 19.3. The van der Waals surface area contributed by atoms with Crippen molar-refractivity contribution in [1.29, 1.82) is 0 Å². The van der Waals surface area contributed by atoms with Gasteiger partial charge in [0.15, 0.2) is 5.82 Å². The third kappa shape index (κ3) is 6.12. The standard InChI is InChI=1S/C18H24N4O4/c1-13(2)8-10-22(12-17(23)20-16-9-11-26-21-16)18(24)19-14-4-6-15(25-3)7-5-14/h4-7,9,11,13H,8,10,12H2,1-3H3,(H,19,24)(H,20,21,23). The summed E-state index contributed by atoms with van der Waals surface area (Å²) >= 11 is 0. The summed E-state index contributed by atoms with van der Waals surface area (Å²) in [5, 5.41) is 9.02. The van der Waals surface area contributed by atoms with Crippen molar-refractivity contribution in [3.8, 4) is 5.75 Å². The Hall–Kier alpha value is -3.03. The van der Waals surface area contributed by atoms with Crippen LogP contribution in [0.1, 0.15) is 20.3 Å². The molecule has 2 N–H and O–H groups in total. The van der Waals surface area contributed by atoms with E-state index in [2.05, 4.69) is 34.2 Å². The molecule has 1 aromatic heterocycles. The van der Waals surface area contributed by atoms with Crippen LogP contribution < -0.4 is 15.4 Å². The van der Waals surface area contributed by atoms with Gasteiger partial charge in [-0.25, -0.2) is 4.79 Å². The predicted octanol–water partition coefficient (Wildman–Crippen LogP) is 3.20. The normalized spacial score (nSPS) is 10.5. The molecular weight excluding hydrogens is 336 g/mol. The highest BCUT2D eigenvalue weighted by molar-refractivity contribution is 5.96. The molecule has 0 spiro atoms. The van der Waals surface area contributed by atoms with Crippen molar-refractivity contribution in [2.45, 2.75) is 20.3 Å². The van der Waals surface area contributed by atoms with Gasteiger partial charge in [0.05, 0.1) is 7.11 Å². The molecule has 1 aromatic carbocycles. The fourth-order valence-electron chi connectivity index (χ4n) is 2.18. The largest absolute Gasteiger partial charge is 0.497 e. The van der Waals surface area contributed by atoms with Crippen LogP contribution in [-0.2, 0) is 4.79 Å². The van der Waals surface area contributed by atoms with Crippen molar-refractivity contribution in [1.82, 2.24) is 10.1 Å². The van der Waals surface area contributed by atoms with Crippen LogP contribution in [0.3, 0.4) is 0 Å². The Kier molecular flexibility index (Phi) is 7.02. The monoisotopic (exact) mass is 360 g/mol. The van der Waals surface area contributed by atoms with Crippen LogP contribution in [0.4, 0.5) is 16.3 Å². The molecule has 2 aromatic rings. The number of anilines is 2. The van der Waals surface area contributed by atoms with E-state index >= 15 is 0 Å². The van der Waals surface area contributed by atoms with Gasteiger partial charge in [0.25, 0.3) is 0 Å². The van der Waals surface area contributed by atoms with Crippen molar-refractivity contribution in [3.63, 3.8) is 0 Å². The maximum absolute atomic E-state index is 12.6. The van der Waals surface area contributed by atoms with Crippen LogP contribution in [0.15, 0.2) is 41.1 Å². The summed E-state index contributed by atoms with van der Waals surface area (Å²) in [5.74, 6) is 1.08. The lowest BCUT2D eigenvalue weighted by molar-refractivity contribution is -0.116. The second-order valence-corrected chi connectivity index (χ2v) is 6.20. The molecule has 8 nitrogen and oxygen atoms in total. The Balaban J connectivity index is 1.99. The van der Waals surface area contributed by atoms with E-state index in [4.69, 9.17) is 4.74 Å². The highest BCUT2D eigenvalue weighted by Gasteiger charge is 2.18. The molecule has 0 bridgehead atoms. The Bertz CT molecular complexity index is 698. The van der Waals surface area contributed by atoms with E-state index in [1.165, 1.54) is 17.2 Å². The lowest BCUT2D eigenvalue weighted by Gasteiger charge is -2.23. The number of nitrogens with one attached hydrogen (secondary N) is 2. The summed E-state index contributed by atoms with van der Waals surface area (Å²) in [4.78, 5) is 26.2. The molecule has 3 amide bonds. The zero-order valence-corrected chi connectivity index (χ0v) is 15.2. The van der Waals surface area contributed by atoms with E-state index in [0.717, 1.165) is 6.42 Å². The SMILES string of the molecule is COc1ccc(NC(=O)N(CCC(C)C)CC(=O)Nc2ccon2)cc1. The average Bonchev–Trinajstić information content (AvgIpc) is 3.11. The summed E-state index contributed by atoms with van der Waals surface area (Å²) in [5.41, 5.74) is 0.627. The Morgan fingerprint density at radius 3 is 2.50 bits per heavy atom. The third-order valence-electron chi connectivity index (χ3n) is 3.64. The topological polar surface area (TPSA) is 96.7 Å². The molecular formula is C18H24N4O4. The van der Waals surface area contributed by atoms with Gasteiger partial charge in [-0.3, -0.25) is 4.79 Å². The number of amides is 3. The number of hydrogen-bond acceptors (Lipinski definition) is 5. The van der Waals surface area contributed by atoms with Gasteiger partial charge in [-0.05, 0) is 36.6 Å². The highest BCUT2D eigenvalue weighted by atomic mass is 16.5. The maximum Gasteiger partial charge on any atom is 0.322 e. The van der Waals surface area contributed by atoms with E-state index in [9.17, 15) is 9.59 Å². The Labute approximate surface area is 152 Å². The molecule has 0 fully saturated rings. The summed E-state index contributed by atoms with van der Waals surface area (Å²) in [6.07, 6.45) is 2.15. The molecule has 140 valence electrons. The molecule has 0 aliphatic heterocycles. The second kappa shape index (κ2) is 9.45. The van der Waals surface area contributed by atoms with Crippen LogP contribution >= 0.6 is 0 Å². The van der Waals surface area contributed by atoms with Crippen LogP contribution in [0.5, 0.6) is 5.75 Å². The number of hydrogen-bond donors (Lipinski definition) is 2. The molecule has 0 atom stereocenters. The first-order chi connectivity index (χ1) is 12.5.